The Hall–Kier alpha value is -2.38. The molecule has 1 atom stereocenters. The number of rotatable bonds is 6. The molecule has 0 bridgehead atoms. The maximum atomic E-state index is 9.44. The van der Waals surface area contributed by atoms with E-state index in [4.69, 9.17) is 4.74 Å². The molecular formula is C21H29N5O2. The van der Waals surface area contributed by atoms with Crippen molar-refractivity contribution in [2.24, 2.45) is 5.92 Å². The first-order valence-corrected chi connectivity index (χ1v) is 10.1. The van der Waals surface area contributed by atoms with Crippen LogP contribution in [0.2, 0.25) is 0 Å². The second-order valence-corrected chi connectivity index (χ2v) is 7.52. The Morgan fingerprint density at radius 1 is 1.07 bits per heavy atom. The summed E-state index contributed by atoms with van der Waals surface area (Å²) in [5.41, 5.74) is 2.47. The number of hydrogen-bond acceptors (Lipinski definition) is 7. The summed E-state index contributed by atoms with van der Waals surface area (Å²) in [5.74, 6) is 2.09. The first-order chi connectivity index (χ1) is 13.8. The fourth-order valence-corrected chi connectivity index (χ4v) is 3.88. The number of aliphatic hydroxyl groups is 1. The molecule has 28 heavy (non-hydrogen) atoms. The molecule has 2 aliphatic heterocycles. The van der Waals surface area contributed by atoms with E-state index >= 15 is 0 Å². The number of aromatic nitrogens is 2. The lowest BCUT2D eigenvalue weighted by Crippen LogP contribution is -2.37. The number of ether oxygens (including phenoxy) is 1. The molecule has 1 unspecified atom stereocenters. The van der Waals surface area contributed by atoms with Gasteiger partial charge in [0.25, 0.3) is 0 Å². The Labute approximate surface area is 166 Å². The largest absolute Gasteiger partial charge is 0.396 e. The van der Waals surface area contributed by atoms with Gasteiger partial charge in [0.15, 0.2) is 0 Å². The fourth-order valence-electron chi connectivity index (χ4n) is 3.88. The van der Waals surface area contributed by atoms with Crippen molar-refractivity contribution < 1.29 is 9.84 Å². The van der Waals surface area contributed by atoms with E-state index in [-0.39, 0.29) is 6.61 Å². The molecular weight excluding hydrogens is 354 g/mol. The molecule has 0 spiro atoms. The van der Waals surface area contributed by atoms with Crippen molar-refractivity contribution in [3.05, 3.63) is 42.2 Å². The molecule has 2 N–H and O–H groups in total. The van der Waals surface area contributed by atoms with Gasteiger partial charge in [-0.1, -0.05) is 12.1 Å². The predicted octanol–water partition coefficient (Wildman–Crippen LogP) is 2.13. The Morgan fingerprint density at radius 3 is 2.68 bits per heavy atom. The normalized spacial score (nSPS) is 20.2. The van der Waals surface area contributed by atoms with Crippen LogP contribution in [0, 0.1) is 5.92 Å². The Kier molecular flexibility index (Phi) is 6.24. The molecule has 1 aromatic carbocycles. The Balaban J connectivity index is 1.34. The topological polar surface area (TPSA) is 73.8 Å². The van der Waals surface area contributed by atoms with Crippen molar-refractivity contribution in [3.8, 4) is 0 Å². The van der Waals surface area contributed by atoms with Crippen LogP contribution in [-0.4, -0.2) is 61.1 Å². The zero-order chi connectivity index (χ0) is 19.2. The summed E-state index contributed by atoms with van der Waals surface area (Å²) in [4.78, 5) is 13.4. The van der Waals surface area contributed by atoms with Crippen LogP contribution in [0.15, 0.2) is 36.7 Å². The highest BCUT2D eigenvalue weighted by Gasteiger charge is 2.20. The number of piperidine rings is 1. The van der Waals surface area contributed by atoms with Gasteiger partial charge in [-0.25, -0.2) is 9.97 Å². The van der Waals surface area contributed by atoms with Gasteiger partial charge in [0.1, 0.15) is 18.0 Å². The predicted molar refractivity (Wildman–Crippen MR) is 111 cm³/mol. The highest BCUT2D eigenvalue weighted by molar-refractivity contribution is 5.50. The van der Waals surface area contributed by atoms with Crippen molar-refractivity contribution in [3.63, 3.8) is 0 Å². The molecule has 4 rings (SSSR count). The minimum absolute atomic E-state index is 0.243. The van der Waals surface area contributed by atoms with Crippen LogP contribution in [0.4, 0.5) is 17.3 Å². The van der Waals surface area contributed by atoms with Gasteiger partial charge in [-0.05, 0) is 36.5 Å². The van der Waals surface area contributed by atoms with Crippen LogP contribution >= 0.6 is 0 Å². The summed E-state index contributed by atoms with van der Waals surface area (Å²) in [5, 5.41) is 12.8. The van der Waals surface area contributed by atoms with Gasteiger partial charge in [0, 0.05) is 51.1 Å². The van der Waals surface area contributed by atoms with Crippen molar-refractivity contribution in [2.45, 2.75) is 19.4 Å². The molecule has 2 saturated heterocycles. The van der Waals surface area contributed by atoms with Crippen molar-refractivity contribution in [2.75, 3.05) is 61.1 Å². The summed E-state index contributed by atoms with van der Waals surface area (Å²) in [6.45, 7) is 6.31. The smallest absolute Gasteiger partial charge is 0.134 e. The van der Waals surface area contributed by atoms with Crippen molar-refractivity contribution >= 4 is 17.3 Å². The van der Waals surface area contributed by atoms with Gasteiger partial charge in [-0.2, -0.15) is 0 Å². The lowest BCUT2D eigenvalue weighted by molar-refractivity contribution is 0.122. The highest BCUT2D eigenvalue weighted by atomic mass is 16.5. The minimum Gasteiger partial charge on any atom is -0.396 e. The zero-order valence-corrected chi connectivity index (χ0v) is 16.3. The third kappa shape index (κ3) is 4.72. The SMILES string of the molecule is OCC1CCCN(c2cc(NCc3ccc(N4CCOCC4)cc3)ncn2)C1. The molecule has 150 valence electrons. The lowest BCUT2D eigenvalue weighted by atomic mass is 9.99. The molecule has 2 aromatic rings. The molecule has 1 aromatic heterocycles. The lowest BCUT2D eigenvalue weighted by Gasteiger charge is -2.32. The van der Waals surface area contributed by atoms with E-state index in [0.717, 1.165) is 70.4 Å². The van der Waals surface area contributed by atoms with Crippen molar-refractivity contribution in [1.82, 2.24) is 9.97 Å². The number of anilines is 3. The minimum atomic E-state index is 0.243. The van der Waals surface area contributed by atoms with Gasteiger partial charge in [0.05, 0.1) is 13.2 Å². The van der Waals surface area contributed by atoms with Gasteiger partial charge in [0.2, 0.25) is 0 Å². The maximum absolute atomic E-state index is 9.44. The number of hydrogen-bond donors (Lipinski definition) is 2. The van der Waals surface area contributed by atoms with E-state index in [9.17, 15) is 5.11 Å². The van der Waals surface area contributed by atoms with Gasteiger partial charge in [-0.15, -0.1) is 0 Å². The van der Waals surface area contributed by atoms with Gasteiger partial charge >= 0.3 is 0 Å². The molecule has 0 saturated carbocycles. The second kappa shape index (κ2) is 9.21. The number of nitrogens with zero attached hydrogens (tertiary/aromatic N) is 4. The summed E-state index contributed by atoms with van der Waals surface area (Å²) < 4.78 is 5.42. The summed E-state index contributed by atoms with van der Waals surface area (Å²) >= 11 is 0. The maximum Gasteiger partial charge on any atom is 0.134 e. The third-order valence-electron chi connectivity index (χ3n) is 5.54. The summed E-state index contributed by atoms with van der Waals surface area (Å²) in [7, 11) is 0. The van der Waals surface area contributed by atoms with E-state index in [1.54, 1.807) is 6.33 Å². The molecule has 0 amide bonds. The Bertz CT molecular complexity index is 749. The molecule has 2 aliphatic rings. The van der Waals surface area contributed by atoms with Gasteiger partial charge < -0.3 is 25.0 Å². The number of benzene rings is 1. The van der Waals surface area contributed by atoms with Crippen molar-refractivity contribution in [1.29, 1.82) is 0 Å². The fraction of sp³-hybridized carbons (Fsp3) is 0.524. The third-order valence-corrected chi connectivity index (χ3v) is 5.54. The molecule has 0 radical (unpaired) electrons. The van der Waals surface area contributed by atoms with Crippen LogP contribution in [0.1, 0.15) is 18.4 Å². The quantitative estimate of drug-likeness (QED) is 0.792. The van der Waals surface area contributed by atoms with Crippen LogP contribution in [0.5, 0.6) is 0 Å². The molecule has 7 heteroatoms. The van der Waals surface area contributed by atoms with Gasteiger partial charge in [-0.3, -0.25) is 0 Å². The van der Waals surface area contributed by atoms with E-state index in [1.165, 1.54) is 11.3 Å². The standard InChI is InChI=1S/C21H29N5O2/c27-15-18-2-1-7-26(14-18)21-12-20(23-16-24-21)22-13-17-3-5-19(6-4-17)25-8-10-28-11-9-25/h3-6,12,16,18,27H,1-2,7-11,13-15H2,(H,22,23,24). The summed E-state index contributed by atoms with van der Waals surface area (Å²) in [6.07, 6.45) is 3.79. The van der Waals surface area contributed by atoms with Crippen LogP contribution < -0.4 is 15.1 Å². The first kappa shape index (κ1) is 19.0. The molecule has 3 heterocycles. The highest BCUT2D eigenvalue weighted by Crippen LogP contribution is 2.23. The second-order valence-electron chi connectivity index (χ2n) is 7.52. The molecule has 7 nitrogen and oxygen atoms in total. The average molecular weight is 383 g/mol. The van der Waals surface area contributed by atoms with E-state index in [2.05, 4.69) is 49.4 Å². The summed E-state index contributed by atoms with van der Waals surface area (Å²) in [6, 6.07) is 10.7. The monoisotopic (exact) mass is 383 g/mol. The average Bonchev–Trinajstić information content (AvgIpc) is 2.79. The van der Waals surface area contributed by atoms with E-state index in [1.807, 2.05) is 6.07 Å². The molecule has 0 aliphatic carbocycles. The van der Waals surface area contributed by atoms with Crippen LogP contribution in [-0.2, 0) is 11.3 Å². The molecule has 2 fully saturated rings. The van der Waals surface area contributed by atoms with Crippen LogP contribution in [0.25, 0.3) is 0 Å². The number of aliphatic hydroxyl groups excluding tert-OH is 1. The Morgan fingerprint density at radius 2 is 1.89 bits per heavy atom. The number of nitrogens with one attached hydrogen (secondary N) is 1. The first-order valence-electron chi connectivity index (χ1n) is 10.1. The van der Waals surface area contributed by atoms with E-state index in [0.29, 0.717) is 5.92 Å². The number of morpholine rings is 1. The van der Waals surface area contributed by atoms with Crippen LogP contribution in [0.3, 0.4) is 0 Å². The van der Waals surface area contributed by atoms with E-state index < -0.39 is 0 Å². The zero-order valence-electron chi connectivity index (χ0n) is 16.3.